The van der Waals surface area contributed by atoms with Crippen molar-refractivity contribution in [2.75, 3.05) is 23.0 Å². The summed E-state index contributed by atoms with van der Waals surface area (Å²) in [6.45, 7) is 17.2. The minimum absolute atomic E-state index is 0.0596. The van der Waals surface area contributed by atoms with Gasteiger partial charge in [0.15, 0.2) is 11.5 Å². The standard InChI is InChI=1S/C58H51BN2O4/c1-35-26-48-55-49(27-35)61(47-16-12-19-52-56(47)63-25-13-24-62-52)46-23-21-41(58(5,6)7)34-44(46)59(55)43-33-40(57(2,3)4)20-22-45(43)60(48)42-29-38(53-31-36-14-8-10-17-50(36)64-53)28-39(30-42)54-32-37-15-9-11-18-51(37)65-54/h8-12,14-23,26-34H,13,24-25H2,1-7H3. The van der Waals surface area contributed by atoms with Crippen LogP contribution in [0.25, 0.3) is 44.6 Å². The van der Waals surface area contributed by atoms with Gasteiger partial charge in [0.1, 0.15) is 22.7 Å². The highest BCUT2D eigenvalue weighted by molar-refractivity contribution is 7.00. The van der Waals surface area contributed by atoms with E-state index in [1.807, 2.05) is 30.3 Å². The molecule has 0 amide bonds. The van der Waals surface area contributed by atoms with E-state index in [9.17, 15) is 0 Å². The Bertz CT molecular complexity index is 3220. The predicted octanol–water partition coefficient (Wildman–Crippen LogP) is 13.7. The van der Waals surface area contributed by atoms with Gasteiger partial charge in [-0.15, -0.1) is 0 Å². The molecule has 3 aliphatic rings. The van der Waals surface area contributed by atoms with Gasteiger partial charge in [0, 0.05) is 56.8 Å². The molecule has 0 atom stereocenters. The molecule has 2 aromatic heterocycles. The van der Waals surface area contributed by atoms with Gasteiger partial charge in [-0.25, -0.2) is 0 Å². The Morgan fingerprint density at radius 1 is 0.492 bits per heavy atom. The van der Waals surface area contributed by atoms with Crippen molar-refractivity contribution in [2.24, 2.45) is 0 Å². The van der Waals surface area contributed by atoms with Crippen LogP contribution >= 0.6 is 0 Å². The number of fused-ring (bicyclic) bond motifs is 7. The topological polar surface area (TPSA) is 51.2 Å². The second-order valence-corrected chi connectivity index (χ2v) is 20.1. The fourth-order valence-electron chi connectivity index (χ4n) is 10.2. The number of ether oxygens (including phenoxy) is 2. The summed E-state index contributed by atoms with van der Waals surface area (Å²) < 4.78 is 26.2. The van der Waals surface area contributed by atoms with Crippen LogP contribution in [0.3, 0.4) is 0 Å². The average molecular weight is 851 g/mol. The van der Waals surface area contributed by atoms with Crippen LogP contribution in [0.15, 0.2) is 154 Å². The van der Waals surface area contributed by atoms with Gasteiger partial charge < -0.3 is 28.1 Å². The highest BCUT2D eigenvalue weighted by Crippen LogP contribution is 2.50. The van der Waals surface area contributed by atoms with Crippen molar-refractivity contribution in [3.8, 4) is 34.1 Å². The van der Waals surface area contributed by atoms with E-state index in [-0.39, 0.29) is 17.5 Å². The van der Waals surface area contributed by atoms with Gasteiger partial charge in [0.2, 0.25) is 0 Å². The van der Waals surface area contributed by atoms with Crippen molar-refractivity contribution < 1.29 is 18.3 Å². The summed E-state index contributed by atoms with van der Waals surface area (Å²) in [5.74, 6) is 3.16. The number of furan rings is 2. The van der Waals surface area contributed by atoms with Crippen LogP contribution in [-0.2, 0) is 10.8 Å². The van der Waals surface area contributed by atoms with Crippen molar-refractivity contribution in [3.05, 3.63) is 162 Å². The second kappa shape index (κ2) is 14.4. The zero-order valence-corrected chi connectivity index (χ0v) is 38.1. The van der Waals surface area contributed by atoms with Crippen LogP contribution in [0.1, 0.15) is 64.7 Å². The number of aryl methyl sites for hydroxylation is 1. The van der Waals surface area contributed by atoms with Gasteiger partial charge >= 0.3 is 0 Å². The van der Waals surface area contributed by atoms with E-state index in [4.69, 9.17) is 18.3 Å². The molecule has 7 heteroatoms. The smallest absolute Gasteiger partial charge is 0.252 e. The number of nitrogens with zero attached hydrogens (tertiary/aromatic N) is 2. The quantitative estimate of drug-likeness (QED) is 0.164. The molecular formula is C58H51BN2O4. The number of para-hydroxylation sites is 3. The number of rotatable bonds is 4. The minimum Gasteiger partial charge on any atom is -0.489 e. The molecule has 65 heavy (non-hydrogen) atoms. The number of benzene rings is 7. The Balaban J connectivity index is 1.17. The summed E-state index contributed by atoms with van der Waals surface area (Å²) >= 11 is 0. The Labute approximate surface area is 381 Å². The van der Waals surface area contributed by atoms with E-state index >= 15 is 0 Å². The first-order chi connectivity index (χ1) is 31.4. The van der Waals surface area contributed by atoms with Crippen LogP contribution in [0.2, 0.25) is 0 Å². The number of hydrogen-bond acceptors (Lipinski definition) is 6. The number of hydrogen-bond donors (Lipinski definition) is 0. The third kappa shape index (κ3) is 6.46. The second-order valence-electron chi connectivity index (χ2n) is 20.1. The maximum absolute atomic E-state index is 6.64. The Morgan fingerprint density at radius 3 is 1.63 bits per heavy atom. The molecule has 0 spiro atoms. The van der Waals surface area contributed by atoms with E-state index in [1.165, 1.54) is 27.5 Å². The molecular weight excluding hydrogens is 799 g/mol. The van der Waals surface area contributed by atoms with Crippen molar-refractivity contribution in [2.45, 2.75) is 65.7 Å². The summed E-state index contributed by atoms with van der Waals surface area (Å²) in [6, 6.07) is 52.9. The monoisotopic (exact) mass is 850 g/mol. The molecule has 7 aromatic carbocycles. The zero-order chi connectivity index (χ0) is 44.4. The van der Waals surface area contributed by atoms with E-state index in [0.29, 0.717) is 13.2 Å². The maximum atomic E-state index is 6.64. The molecule has 0 saturated carbocycles. The van der Waals surface area contributed by atoms with Crippen LogP contribution in [-0.4, -0.2) is 19.9 Å². The van der Waals surface area contributed by atoms with E-state index in [1.54, 1.807) is 0 Å². The summed E-state index contributed by atoms with van der Waals surface area (Å²) in [6.07, 6.45) is 0.826. The predicted molar refractivity (Wildman–Crippen MR) is 269 cm³/mol. The highest BCUT2D eigenvalue weighted by atomic mass is 16.5. The van der Waals surface area contributed by atoms with Gasteiger partial charge in [-0.3, -0.25) is 0 Å². The molecule has 0 saturated heterocycles. The van der Waals surface area contributed by atoms with Gasteiger partial charge in [0.25, 0.3) is 6.71 Å². The van der Waals surface area contributed by atoms with Crippen molar-refractivity contribution >= 4 is 79.2 Å². The summed E-state index contributed by atoms with van der Waals surface area (Å²) in [5, 5.41) is 2.13. The molecule has 0 fully saturated rings. The van der Waals surface area contributed by atoms with Gasteiger partial charge in [-0.05, 0) is 130 Å². The molecule has 0 unspecified atom stereocenters. The van der Waals surface area contributed by atoms with Crippen molar-refractivity contribution in [3.63, 3.8) is 0 Å². The molecule has 3 aliphatic heterocycles. The zero-order valence-electron chi connectivity index (χ0n) is 38.1. The molecule has 5 heterocycles. The Morgan fingerprint density at radius 2 is 1.05 bits per heavy atom. The first-order valence-corrected chi connectivity index (χ1v) is 22.9. The minimum atomic E-state index is -0.0817. The van der Waals surface area contributed by atoms with Crippen molar-refractivity contribution in [1.82, 2.24) is 0 Å². The molecule has 0 radical (unpaired) electrons. The van der Waals surface area contributed by atoms with Crippen LogP contribution in [0, 0.1) is 6.92 Å². The first-order valence-electron chi connectivity index (χ1n) is 22.9. The first kappa shape index (κ1) is 39.5. The van der Waals surface area contributed by atoms with E-state index < -0.39 is 0 Å². The molecule has 0 aliphatic carbocycles. The van der Waals surface area contributed by atoms with Crippen LogP contribution in [0.5, 0.6) is 11.5 Å². The lowest BCUT2D eigenvalue weighted by atomic mass is 9.33. The lowest BCUT2D eigenvalue weighted by Crippen LogP contribution is -2.61. The molecule has 6 nitrogen and oxygen atoms in total. The van der Waals surface area contributed by atoms with Crippen molar-refractivity contribution in [1.29, 1.82) is 0 Å². The van der Waals surface area contributed by atoms with E-state index in [2.05, 4.69) is 174 Å². The fraction of sp³-hybridized carbons (Fsp3) is 0.207. The maximum Gasteiger partial charge on any atom is 0.252 e. The largest absolute Gasteiger partial charge is 0.489 e. The molecule has 320 valence electrons. The average Bonchev–Trinajstić information content (AvgIpc) is 3.86. The third-order valence-corrected chi connectivity index (χ3v) is 13.5. The van der Waals surface area contributed by atoms with Gasteiger partial charge in [-0.1, -0.05) is 108 Å². The molecule has 9 aromatic rings. The third-order valence-electron chi connectivity index (χ3n) is 13.5. The lowest BCUT2D eigenvalue weighted by Gasteiger charge is -2.45. The van der Waals surface area contributed by atoms with E-state index in [0.717, 1.165) is 102 Å². The van der Waals surface area contributed by atoms with Crippen LogP contribution in [0.4, 0.5) is 34.1 Å². The summed E-state index contributed by atoms with van der Waals surface area (Å²) in [4.78, 5) is 4.93. The number of anilines is 6. The van der Waals surface area contributed by atoms with Crippen LogP contribution < -0.4 is 35.7 Å². The van der Waals surface area contributed by atoms with Gasteiger partial charge in [0.05, 0.1) is 18.9 Å². The SMILES string of the molecule is Cc1cc2c3c(c1)N(c1cccc4c1OCCCO4)c1ccc(C(C)(C)C)cc1B3c1cc(C(C)(C)C)ccc1N2c1cc(-c2cc3ccccc3o2)cc(-c2cc3ccccc3o2)c1. The fourth-order valence-corrected chi connectivity index (χ4v) is 10.2. The summed E-state index contributed by atoms with van der Waals surface area (Å²) in [5.41, 5.74) is 17.6. The highest BCUT2D eigenvalue weighted by Gasteiger charge is 2.45. The summed E-state index contributed by atoms with van der Waals surface area (Å²) in [7, 11) is 0. The lowest BCUT2D eigenvalue weighted by molar-refractivity contribution is 0.297. The molecule has 0 N–H and O–H groups in total. The molecule has 0 bridgehead atoms. The normalized spacial score (nSPS) is 14.4. The van der Waals surface area contributed by atoms with Gasteiger partial charge in [-0.2, -0.15) is 0 Å². The molecule has 12 rings (SSSR count). The Kier molecular flexibility index (Phi) is 8.77. The Hall–Kier alpha value is -7.12.